The van der Waals surface area contributed by atoms with Gasteiger partial charge in [0.25, 0.3) is 0 Å². The molecular weight excluding hydrogens is 284 g/mol. The minimum atomic E-state index is 0.312. The van der Waals surface area contributed by atoms with Crippen molar-refractivity contribution in [2.24, 2.45) is 5.41 Å². The standard InChI is InChI=1S/C19H26N4/c1-19(2,3)14-23-10-9-20-17-11-18(21-12-15(17)13-23)22-16-7-5-4-6-8-16/h4-8,11-12,20H,9-10,13-14H2,1-3H3,(H,21,22). The highest BCUT2D eigenvalue weighted by Gasteiger charge is 2.20. The summed E-state index contributed by atoms with van der Waals surface area (Å²) in [5, 5.41) is 6.90. The van der Waals surface area contributed by atoms with Gasteiger partial charge in [0.05, 0.1) is 0 Å². The molecule has 4 nitrogen and oxygen atoms in total. The lowest BCUT2D eigenvalue weighted by atomic mass is 9.96. The molecule has 1 aromatic heterocycles. The smallest absolute Gasteiger partial charge is 0.132 e. The Morgan fingerprint density at radius 3 is 2.74 bits per heavy atom. The summed E-state index contributed by atoms with van der Waals surface area (Å²) in [6.07, 6.45) is 1.99. The first-order chi connectivity index (χ1) is 11.0. The summed E-state index contributed by atoms with van der Waals surface area (Å²) in [5.41, 5.74) is 3.83. The maximum atomic E-state index is 4.58. The molecule has 2 aromatic rings. The minimum Gasteiger partial charge on any atom is -0.383 e. The van der Waals surface area contributed by atoms with Gasteiger partial charge in [-0.1, -0.05) is 39.0 Å². The number of pyridine rings is 1. The number of aromatic nitrogens is 1. The molecule has 0 unspecified atom stereocenters. The zero-order valence-corrected chi connectivity index (χ0v) is 14.3. The van der Waals surface area contributed by atoms with Gasteiger partial charge in [-0.2, -0.15) is 0 Å². The van der Waals surface area contributed by atoms with E-state index >= 15 is 0 Å². The fourth-order valence-electron chi connectivity index (χ4n) is 2.99. The van der Waals surface area contributed by atoms with Gasteiger partial charge in [0.2, 0.25) is 0 Å². The summed E-state index contributed by atoms with van der Waals surface area (Å²) in [4.78, 5) is 7.09. The molecule has 0 amide bonds. The number of para-hydroxylation sites is 1. The quantitative estimate of drug-likeness (QED) is 0.895. The second kappa shape index (κ2) is 6.59. The Kier molecular flexibility index (Phi) is 4.53. The van der Waals surface area contributed by atoms with Crippen molar-refractivity contribution in [2.45, 2.75) is 27.3 Å². The van der Waals surface area contributed by atoms with Gasteiger partial charge in [-0.05, 0) is 17.5 Å². The largest absolute Gasteiger partial charge is 0.383 e. The lowest BCUT2D eigenvalue weighted by molar-refractivity contribution is 0.192. The lowest BCUT2D eigenvalue weighted by Crippen LogP contribution is -2.34. The average Bonchev–Trinajstić information content (AvgIpc) is 2.68. The van der Waals surface area contributed by atoms with E-state index < -0.39 is 0 Å². The Morgan fingerprint density at radius 1 is 1.22 bits per heavy atom. The first-order valence-electron chi connectivity index (χ1n) is 8.27. The van der Waals surface area contributed by atoms with E-state index in [1.807, 2.05) is 36.5 Å². The summed E-state index contributed by atoms with van der Waals surface area (Å²) in [6, 6.07) is 12.3. The highest BCUT2D eigenvalue weighted by Crippen LogP contribution is 2.26. The van der Waals surface area contributed by atoms with Crippen LogP contribution < -0.4 is 10.6 Å². The van der Waals surface area contributed by atoms with Gasteiger partial charge < -0.3 is 10.6 Å². The highest BCUT2D eigenvalue weighted by atomic mass is 15.2. The van der Waals surface area contributed by atoms with Crippen molar-refractivity contribution >= 4 is 17.2 Å². The summed E-state index contributed by atoms with van der Waals surface area (Å²) in [7, 11) is 0. The van der Waals surface area contributed by atoms with Crippen LogP contribution in [0.1, 0.15) is 26.3 Å². The molecule has 122 valence electrons. The molecule has 1 aliphatic heterocycles. The van der Waals surface area contributed by atoms with Crippen molar-refractivity contribution in [3.63, 3.8) is 0 Å². The molecule has 0 bridgehead atoms. The monoisotopic (exact) mass is 310 g/mol. The second-order valence-electron chi connectivity index (χ2n) is 7.42. The fraction of sp³-hybridized carbons (Fsp3) is 0.421. The molecule has 0 spiro atoms. The topological polar surface area (TPSA) is 40.2 Å². The number of benzene rings is 1. The Labute approximate surface area is 138 Å². The number of fused-ring (bicyclic) bond motifs is 1. The van der Waals surface area contributed by atoms with Gasteiger partial charge in [-0.25, -0.2) is 4.98 Å². The molecule has 2 N–H and O–H groups in total. The first-order valence-corrected chi connectivity index (χ1v) is 8.27. The van der Waals surface area contributed by atoms with Gasteiger partial charge in [0, 0.05) is 55.4 Å². The molecule has 1 aliphatic rings. The first kappa shape index (κ1) is 15.8. The van der Waals surface area contributed by atoms with Crippen LogP contribution in [0, 0.1) is 5.41 Å². The third-order valence-electron chi connectivity index (χ3n) is 3.87. The van der Waals surface area contributed by atoms with Crippen LogP contribution in [0.5, 0.6) is 0 Å². The zero-order valence-electron chi connectivity index (χ0n) is 14.3. The summed E-state index contributed by atoms with van der Waals surface area (Å²) in [5.74, 6) is 0.881. The third-order valence-corrected chi connectivity index (χ3v) is 3.87. The Morgan fingerprint density at radius 2 is 2.00 bits per heavy atom. The molecule has 1 aromatic carbocycles. The average molecular weight is 310 g/mol. The van der Waals surface area contributed by atoms with E-state index in [1.165, 1.54) is 11.3 Å². The molecule has 3 rings (SSSR count). The Bertz CT molecular complexity index is 646. The normalized spacial score (nSPS) is 15.4. The predicted molar refractivity (Wildman–Crippen MR) is 97.2 cm³/mol. The number of anilines is 3. The summed E-state index contributed by atoms with van der Waals surface area (Å²) in [6.45, 7) is 11.0. The van der Waals surface area contributed by atoms with Crippen molar-refractivity contribution in [3.8, 4) is 0 Å². The molecule has 0 radical (unpaired) electrons. The molecule has 23 heavy (non-hydrogen) atoms. The molecule has 0 saturated heterocycles. The van der Waals surface area contributed by atoms with Crippen LogP contribution in [0.2, 0.25) is 0 Å². The van der Waals surface area contributed by atoms with Gasteiger partial charge in [0.1, 0.15) is 5.82 Å². The highest BCUT2D eigenvalue weighted by molar-refractivity contribution is 5.63. The van der Waals surface area contributed by atoms with Gasteiger partial charge in [-0.15, -0.1) is 0 Å². The molecule has 0 fully saturated rings. The minimum absolute atomic E-state index is 0.312. The zero-order chi connectivity index (χ0) is 16.3. The van der Waals surface area contributed by atoms with E-state index in [2.05, 4.69) is 47.4 Å². The van der Waals surface area contributed by atoms with Crippen molar-refractivity contribution in [1.82, 2.24) is 9.88 Å². The number of hydrogen-bond donors (Lipinski definition) is 2. The Hall–Kier alpha value is -2.07. The number of nitrogens with one attached hydrogen (secondary N) is 2. The number of rotatable bonds is 3. The molecule has 0 saturated carbocycles. The van der Waals surface area contributed by atoms with Crippen LogP contribution >= 0.6 is 0 Å². The van der Waals surface area contributed by atoms with Crippen LogP contribution in [-0.4, -0.2) is 29.5 Å². The van der Waals surface area contributed by atoms with E-state index in [4.69, 9.17) is 0 Å². The summed E-state index contributed by atoms with van der Waals surface area (Å²) < 4.78 is 0. The van der Waals surface area contributed by atoms with Crippen molar-refractivity contribution < 1.29 is 0 Å². The lowest BCUT2D eigenvalue weighted by Gasteiger charge is -2.28. The summed E-state index contributed by atoms with van der Waals surface area (Å²) >= 11 is 0. The van der Waals surface area contributed by atoms with E-state index in [1.54, 1.807) is 0 Å². The van der Waals surface area contributed by atoms with E-state index in [0.717, 1.165) is 37.7 Å². The fourth-order valence-corrected chi connectivity index (χ4v) is 2.99. The Balaban J connectivity index is 1.74. The van der Waals surface area contributed by atoms with Crippen LogP contribution in [0.3, 0.4) is 0 Å². The van der Waals surface area contributed by atoms with Crippen molar-refractivity contribution in [2.75, 3.05) is 30.3 Å². The van der Waals surface area contributed by atoms with Crippen molar-refractivity contribution in [1.29, 1.82) is 0 Å². The van der Waals surface area contributed by atoms with Crippen LogP contribution in [-0.2, 0) is 6.54 Å². The van der Waals surface area contributed by atoms with E-state index in [0.29, 0.717) is 5.41 Å². The van der Waals surface area contributed by atoms with Crippen LogP contribution in [0.15, 0.2) is 42.6 Å². The van der Waals surface area contributed by atoms with Gasteiger partial charge in [-0.3, -0.25) is 4.90 Å². The van der Waals surface area contributed by atoms with Crippen LogP contribution in [0.4, 0.5) is 17.2 Å². The predicted octanol–water partition coefficient (Wildman–Crippen LogP) is 4.10. The third kappa shape index (κ3) is 4.45. The molecule has 4 heteroatoms. The maximum absolute atomic E-state index is 4.58. The SMILES string of the molecule is CC(C)(C)CN1CCNc2cc(Nc3ccccc3)ncc2C1. The van der Waals surface area contributed by atoms with Gasteiger partial charge >= 0.3 is 0 Å². The van der Waals surface area contributed by atoms with E-state index in [9.17, 15) is 0 Å². The number of nitrogens with zero attached hydrogens (tertiary/aromatic N) is 2. The van der Waals surface area contributed by atoms with Crippen molar-refractivity contribution in [3.05, 3.63) is 48.2 Å². The van der Waals surface area contributed by atoms with Gasteiger partial charge in [0.15, 0.2) is 0 Å². The molecule has 0 aliphatic carbocycles. The molecule has 2 heterocycles. The molecule has 0 atom stereocenters. The van der Waals surface area contributed by atoms with E-state index in [-0.39, 0.29) is 0 Å². The number of hydrogen-bond acceptors (Lipinski definition) is 4. The molecular formula is C19H26N4. The second-order valence-corrected chi connectivity index (χ2v) is 7.42. The van der Waals surface area contributed by atoms with Crippen LogP contribution in [0.25, 0.3) is 0 Å². The maximum Gasteiger partial charge on any atom is 0.132 e.